The predicted molar refractivity (Wildman–Crippen MR) is 141 cm³/mol. The zero-order chi connectivity index (χ0) is 30.2. The first-order valence-electron chi connectivity index (χ1n) is 15.4. The second kappa shape index (κ2) is 11.1. The summed E-state index contributed by atoms with van der Waals surface area (Å²) in [5, 5.41) is 132. The number of aliphatic hydroxyl groups is 12. The first-order valence-corrected chi connectivity index (χ1v) is 15.4. The van der Waals surface area contributed by atoms with Gasteiger partial charge in [-0.15, -0.1) is 0 Å². The van der Waals surface area contributed by atoms with Gasteiger partial charge in [-0.2, -0.15) is 0 Å². The average Bonchev–Trinajstić information content (AvgIpc) is 2.86. The molecule has 238 valence electrons. The summed E-state index contributed by atoms with van der Waals surface area (Å²) in [5.74, 6) is -4.66. The molecule has 0 aromatic rings. The molecule has 5 rings (SSSR count). The van der Waals surface area contributed by atoms with Gasteiger partial charge in [-0.05, 0) is 82.0 Å². The molecule has 0 heterocycles. The van der Waals surface area contributed by atoms with Gasteiger partial charge in [0, 0.05) is 24.7 Å². The van der Waals surface area contributed by atoms with E-state index >= 15 is 0 Å². The molecule has 0 radical (unpaired) electrons. The maximum Gasteiger partial charge on any atom is 0.159 e. The minimum atomic E-state index is -2.82. The highest BCUT2D eigenvalue weighted by Crippen LogP contribution is 2.62. The Balaban J connectivity index is 1.52. The summed E-state index contributed by atoms with van der Waals surface area (Å²) in [6, 6.07) is 0. The fourth-order valence-electron chi connectivity index (χ4n) is 10.1. The minimum absolute atomic E-state index is 0.0169. The predicted octanol–water partition coefficient (Wildman–Crippen LogP) is -2.68. The van der Waals surface area contributed by atoms with Crippen molar-refractivity contribution in [1.29, 1.82) is 0 Å². The summed E-state index contributed by atoms with van der Waals surface area (Å²) in [6.07, 6.45) is -8.92. The van der Waals surface area contributed by atoms with Gasteiger partial charge >= 0.3 is 0 Å². The highest BCUT2D eigenvalue weighted by Gasteiger charge is 2.76. The second-order valence-electron chi connectivity index (χ2n) is 14.4. The molecule has 5 aliphatic carbocycles. The molecule has 0 aromatic heterocycles. The summed E-state index contributed by atoms with van der Waals surface area (Å²) in [4.78, 5) is 0. The smallest absolute Gasteiger partial charge is 0.159 e. The monoisotopic (exact) mass is 590 g/mol. The Morgan fingerprint density at radius 3 is 2.00 bits per heavy atom. The molecule has 5 saturated carbocycles. The summed E-state index contributed by atoms with van der Waals surface area (Å²) in [6.45, 7) is 1.66. The Morgan fingerprint density at radius 1 is 0.780 bits per heavy atom. The van der Waals surface area contributed by atoms with E-state index in [9.17, 15) is 61.3 Å². The molecule has 12 heteroatoms. The van der Waals surface area contributed by atoms with Crippen LogP contribution < -0.4 is 0 Å². The first kappa shape index (κ1) is 31.9. The van der Waals surface area contributed by atoms with Crippen LogP contribution in [0.25, 0.3) is 0 Å². The van der Waals surface area contributed by atoms with Crippen LogP contribution in [-0.4, -0.2) is 127 Å². The van der Waals surface area contributed by atoms with Crippen molar-refractivity contribution in [3.05, 3.63) is 0 Å². The molecule has 5 fully saturated rings. The lowest BCUT2D eigenvalue weighted by Crippen LogP contribution is -2.83. The molecule has 0 aromatic carbocycles. The molecule has 12 nitrogen and oxygen atoms in total. The van der Waals surface area contributed by atoms with Crippen molar-refractivity contribution in [1.82, 2.24) is 0 Å². The summed E-state index contributed by atoms with van der Waals surface area (Å²) in [7, 11) is 0. The SMILES string of the molecule is CC(O)CCC1CC(C2CCC(O)CC2)C2CC3(O)CC4(O)CC(O)C(C(O)O)C(O)C4(O)C(O)C3C(O)C2C1O. The summed E-state index contributed by atoms with van der Waals surface area (Å²) < 4.78 is 0. The van der Waals surface area contributed by atoms with E-state index in [2.05, 4.69) is 0 Å². The molecule has 15 atom stereocenters. The number of hydrogen-bond acceptors (Lipinski definition) is 12. The minimum Gasteiger partial charge on any atom is -0.393 e. The number of rotatable bonds is 5. The van der Waals surface area contributed by atoms with Crippen LogP contribution in [0.2, 0.25) is 0 Å². The maximum atomic E-state index is 12.1. The zero-order valence-corrected chi connectivity index (χ0v) is 23.6. The average molecular weight is 591 g/mol. The molecule has 12 N–H and O–H groups in total. The topological polar surface area (TPSA) is 243 Å². The van der Waals surface area contributed by atoms with Crippen LogP contribution in [0.3, 0.4) is 0 Å². The highest BCUT2D eigenvalue weighted by molar-refractivity contribution is 5.26. The van der Waals surface area contributed by atoms with E-state index in [-0.39, 0.29) is 24.2 Å². The lowest BCUT2D eigenvalue weighted by Gasteiger charge is -2.67. The van der Waals surface area contributed by atoms with Crippen LogP contribution in [-0.2, 0) is 0 Å². The lowest BCUT2D eigenvalue weighted by atomic mass is 9.43. The van der Waals surface area contributed by atoms with E-state index in [0.29, 0.717) is 32.1 Å². The van der Waals surface area contributed by atoms with E-state index in [1.807, 2.05) is 0 Å². The highest BCUT2D eigenvalue weighted by atomic mass is 16.5. The van der Waals surface area contributed by atoms with Crippen LogP contribution in [0.1, 0.15) is 71.1 Å². The first-order chi connectivity index (χ1) is 19.1. The van der Waals surface area contributed by atoms with Gasteiger partial charge in [0.15, 0.2) is 6.29 Å². The third-order valence-corrected chi connectivity index (χ3v) is 12.1. The molecule has 0 bridgehead atoms. The van der Waals surface area contributed by atoms with Crippen molar-refractivity contribution >= 4 is 0 Å². The van der Waals surface area contributed by atoms with Gasteiger partial charge in [-0.1, -0.05) is 0 Å². The van der Waals surface area contributed by atoms with E-state index in [0.717, 1.165) is 12.8 Å². The third kappa shape index (κ3) is 5.00. The standard InChI is InChI=1S/C29H50O12/c1-12(30)2-3-14-8-16(13-4-6-15(31)7-5-13)17-9-27(39)11-28(40)10-18(32)20(26(37)38)24(35)29(28,41)25(36)21(27)23(34)19(17)22(14)33/h12-26,30-41H,2-11H2,1H3. The van der Waals surface area contributed by atoms with Gasteiger partial charge in [-0.3, -0.25) is 0 Å². The van der Waals surface area contributed by atoms with Gasteiger partial charge in [0.05, 0.1) is 54.2 Å². The molecule has 0 spiro atoms. The lowest BCUT2D eigenvalue weighted by molar-refractivity contribution is -0.373. The Bertz CT molecular complexity index is 927. The third-order valence-electron chi connectivity index (χ3n) is 12.1. The van der Waals surface area contributed by atoms with Crippen LogP contribution >= 0.6 is 0 Å². The van der Waals surface area contributed by atoms with Gasteiger partial charge < -0.3 is 61.3 Å². The van der Waals surface area contributed by atoms with Gasteiger partial charge in [-0.25, -0.2) is 0 Å². The van der Waals surface area contributed by atoms with Crippen LogP contribution in [0.15, 0.2) is 0 Å². The number of fused-ring (bicyclic) bond motifs is 3. The van der Waals surface area contributed by atoms with E-state index in [4.69, 9.17) is 0 Å². The van der Waals surface area contributed by atoms with Crippen molar-refractivity contribution in [3.63, 3.8) is 0 Å². The molecule has 41 heavy (non-hydrogen) atoms. The van der Waals surface area contributed by atoms with Gasteiger partial charge in [0.25, 0.3) is 0 Å². The quantitative estimate of drug-likeness (QED) is 0.147. The van der Waals surface area contributed by atoms with Crippen molar-refractivity contribution in [2.24, 2.45) is 41.4 Å². The molecular formula is C29H50O12. The van der Waals surface area contributed by atoms with E-state index in [1.165, 1.54) is 0 Å². The Morgan fingerprint density at radius 2 is 1.41 bits per heavy atom. The second-order valence-corrected chi connectivity index (χ2v) is 14.4. The van der Waals surface area contributed by atoms with Crippen LogP contribution in [0, 0.1) is 41.4 Å². The van der Waals surface area contributed by atoms with Crippen molar-refractivity contribution in [3.8, 4) is 0 Å². The summed E-state index contributed by atoms with van der Waals surface area (Å²) in [5.41, 5.74) is -7.19. The largest absolute Gasteiger partial charge is 0.393 e. The zero-order valence-electron chi connectivity index (χ0n) is 23.6. The number of aliphatic hydroxyl groups excluding tert-OH is 8. The Kier molecular flexibility index (Phi) is 8.68. The fourth-order valence-corrected chi connectivity index (χ4v) is 10.1. The maximum absolute atomic E-state index is 12.1. The summed E-state index contributed by atoms with van der Waals surface area (Å²) >= 11 is 0. The molecule has 0 saturated heterocycles. The van der Waals surface area contributed by atoms with Crippen molar-refractivity contribution in [2.75, 3.05) is 0 Å². The van der Waals surface area contributed by atoms with Crippen molar-refractivity contribution in [2.45, 2.75) is 137 Å². The molecule has 0 amide bonds. The van der Waals surface area contributed by atoms with Crippen molar-refractivity contribution < 1.29 is 61.3 Å². The Labute approximate surface area is 239 Å². The normalized spacial score (nSPS) is 56.5. The van der Waals surface area contributed by atoms with Crippen LogP contribution in [0.4, 0.5) is 0 Å². The van der Waals surface area contributed by atoms with E-state index in [1.54, 1.807) is 6.92 Å². The van der Waals surface area contributed by atoms with E-state index < -0.39 is 102 Å². The molecule has 5 aliphatic rings. The number of hydrogen-bond donors (Lipinski definition) is 12. The van der Waals surface area contributed by atoms with Gasteiger partial charge in [0.1, 0.15) is 11.2 Å². The molecule has 15 unspecified atom stereocenters. The Hall–Kier alpha value is -0.480. The fraction of sp³-hybridized carbons (Fsp3) is 1.00. The molecular weight excluding hydrogens is 540 g/mol. The van der Waals surface area contributed by atoms with Gasteiger partial charge in [0.2, 0.25) is 0 Å². The van der Waals surface area contributed by atoms with Crippen LogP contribution in [0.5, 0.6) is 0 Å². The molecule has 0 aliphatic heterocycles.